The summed E-state index contributed by atoms with van der Waals surface area (Å²) in [6.45, 7) is 1.92. The van der Waals surface area contributed by atoms with Crippen LogP contribution in [-0.2, 0) is 0 Å². The normalized spacial score (nSPS) is 11.8. The third-order valence-electron chi connectivity index (χ3n) is 2.44. The van der Waals surface area contributed by atoms with Crippen molar-refractivity contribution in [1.82, 2.24) is 0 Å². The minimum Gasteiger partial charge on any atom is -0.467 e. The Balaban J connectivity index is 2.17. The number of furan rings is 1. The van der Waals surface area contributed by atoms with E-state index in [2.05, 4.69) is 5.32 Å². The van der Waals surface area contributed by atoms with E-state index in [-0.39, 0.29) is 11.6 Å². The van der Waals surface area contributed by atoms with Crippen molar-refractivity contribution >= 4 is 5.69 Å². The second kappa shape index (κ2) is 4.71. The summed E-state index contributed by atoms with van der Waals surface area (Å²) in [6.07, 6.45) is 1.60. The van der Waals surface area contributed by atoms with E-state index in [1.165, 1.54) is 12.1 Å². The van der Waals surface area contributed by atoms with Crippen molar-refractivity contribution in [2.24, 2.45) is 0 Å². The van der Waals surface area contributed by atoms with Gasteiger partial charge >= 0.3 is 0 Å². The maximum atomic E-state index is 13.1. The zero-order valence-electron chi connectivity index (χ0n) is 9.27. The maximum absolute atomic E-state index is 13.1. The van der Waals surface area contributed by atoms with Crippen LogP contribution in [-0.4, -0.2) is 0 Å². The van der Waals surface area contributed by atoms with Gasteiger partial charge < -0.3 is 9.73 Å². The number of rotatable bonds is 3. The van der Waals surface area contributed by atoms with E-state index in [4.69, 9.17) is 9.68 Å². The van der Waals surface area contributed by atoms with Gasteiger partial charge in [0.25, 0.3) is 0 Å². The van der Waals surface area contributed by atoms with Gasteiger partial charge in [0.1, 0.15) is 17.6 Å². The average Bonchev–Trinajstić information content (AvgIpc) is 2.85. The van der Waals surface area contributed by atoms with Gasteiger partial charge in [0.2, 0.25) is 0 Å². The van der Waals surface area contributed by atoms with E-state index in [0.717, 1.165) is 5.76 Å². The number of hydrogen-bond donors (Lipinski definition) is 1. The Morgan fingerprint density at radius 2 is 2.24 bits per heavy atom. The molecule has 0 saturated carbocycles. The summed E-state index contributed by atoms with van der Waals surface area (Å²) >= 11 is 0. The van der Waals surface area contributed by atoms with E-state index < -0.39 is 5.82 Å². The third kappa shape index (κ3) is 2.45. The second-order valence-electron chi connectivity index (χ2n) is 3.69. The summed E-state index contributed by atoms with van der Waals surface area (Å²) in [6, 6.07) is 9.77. The Hall–Kier alpha value is -2.28. The van der Waals surface area contributed by atoms with Crippen molar-refractivity contribution in [1.29, 1.82) is 5.26 Å². The molecular formula is C13H11FN2O. The molecule has 1 atom stereocenters. The van der Waals surface area contributed by atoms with Crippen LogP contribution >= 0.6 is 0 Å². The zero-order valence-corrected chi connectivity index (χ0v) is 9.27. The van der Waals surface area contributed by atoms with Crippen LogP contribution in [0.1, 0.15) is 24.3 Å². The highest BCUT2D eigenvalue weighted by Gasteiger charge is 2.09. The fourth-order valence-electron chi connectivity index (χ4n) is 1.56. The molecule has 0 aliphatic heterocycles. The van der Waals surface area contributed by atoms with Gasteiger partial charge in [-0.2, -0.15) is 5.26 Å². The molecule has 3 nitrogen and oxygen atoms in total. The van der Waals surface area contributed by atoms with Crippen LogP contribution in [0, 0.1) is 17.1 Å². The molecule has 17 heavy (non-hydrogen) atoms. The number of benzene rings is 1. The van der Waals surface area contributed by atoms with Crippen molar-refractivity contribution < 1.29 is 8.81 Å². The SMILES string of the molecule is CC(Nc1ccc(F)c(C#N)c1)c1ccco1. The number of anilines is 1. The Kier molecular flexibility index (Phi) is 3.10. The van der Waals surface area contributed by atoms with Crippen LogP contribution < -0.4 is 5.32 Å². The van der Waals surface area contributed by atoms with Gasteiger partial charge in [0.15, 0.2) is 0 Å². The molecule has 1 unspecified atom stereocenters. The summed E-state index contributed by atoms with van der Waals surface area (Å²) in [7, 11) is 0. The minimum absolute atomic E-state index is 0.0293. The van der Waals surface area contributed by atoms with Crippen molar-refractivity contribution in [3.05, 3.63) is 53.7 Å². The highest BCUT2D eigenvalue weighted by Crippen LogP contribution is 2.21. The summed E-state index contributed by atoms with van der Waals surface area (Å²) < 4.78 is 18.4. The summed E-state index contributed by atoms with van der Waals surface area (Å²) in [5.74, 6) is 0.275. The molecule has 0 radical (unpaired) electrons. The lowest BCUT2D eigenvalue weighted by atomic mass is 10.2. The molecule has 1 N–H and O–H groups in total. The number of halogens is 1. The largest absolute Gasteiger partial charge is 0.467 e. The second-order valence-corrected chi connectivity index (χ2v) is 3.69. The lowest BCUT2D eigenvalue weighted by molar-refractivity contribution is 0.490. The fraction of sp³-hybridized carbons (Fsp3) is 0.154. The van der Waals surface area contributed by atoms with E-state index in [1.54, 1.807) is 24.5 Å². The van der Waals surface area contributed by atoms with Gasteiger partial charge in [0.05, 0.1) is 17.9 Å². The van der Waals surface area contributed by atoms with Crippen LogP contribution in [0.3, 0.4) is 0 Å². The Morgan fingerprint density at radius 1 is 1.41 bits per heavy atom. The highest BCUT2D eigenvalue weighted by atomic mass is 19.1. The van der Waals surface area contributed by atoms with Gasteiger partial charge in [-0.1, -0.05) is 0 Å². The first kappa shape index (κ1) is 11.2. The zero-order chi connectivity index (χ0) is 12.3. The molecule has 1 aromatic carbocycles. The monoisotopic (exact) mass is 230 g/mol. The van der Waals surface area contributed by atoms with Crippen molar-refractivity contribution in [3.8, 4) is 6.07 Å². The first-order chi connectivity index (χ1) is 8.20. The maximum Gasteiger partial charge on any atom is 0.141 e. The average molecular weight is 230 g/mol. The molecule has 0 amide bonds. The molecule has 1 heterocycles. The van der Waals surface area contributed by atoms with E-state index in [0.29, 0.717) is 5.69 Å². The lowest BCUT2D eigenvalue weighted by Crippen LogP contribution is -2.05. The van der Waals surface area contributed by atoms with E-state index in [9.17, 15) is 4.39 Å². The molecule has 4 heteroatoms. The van der Waals surface area contributed by atoms with Crippen molar-refractivity contribution in [2.45, 2.75) is 13.0 Å². The summed E-state index contributed by atoms with van der Waals surface area (Å²) in [4.78, 5) is 0. The number of nitrogens with one attached hydrogen (secondary N) is 1. The lowest BCUT2D eigenvalue weighted by Gasteiger charge is -2.13. The highest BCUT2D eigenvalue weighted by molar-refractivity contribution is 5.50. The van der Waals surface area contributed by atoms with Gasteiger partial charge in [-0.05, 0) is 37.3 Å². The number of nitriles is 1. The molecule has 0 saturated heterocycles. The third-order valence-corrected chi connectivity index (χ3v) is 2.44. The molecule has 86 valence electrons. The molecule has 0 aliphatic rings. The van der Waals surface area contributed by atoms with Gasteiger partial charge in [-0.15, -0.1) is 0 Å². The smallest absolute Gasteiger partial charge is 0.141 e. The molecular weight excluding hydrogens is 219 g/mol. The summed E-state index contributed by atoms with van der Waals surface area (Å²) in [5.41, 5.74) is 0.716. The predicted octanol–water partition coefficient (Wildman–Crippen LogP) is 3.46. The molecule has 0 spiro atoms. The Morgan fingerprint density at radius 3 is 2.88 bits per heavy atom. The van der Waals surface area contributed by atoms with Crippen molar-refractivity contribution in [3.63, 3.8) is 0 Å². The Labute approximate surface area is 98.5 Å². The first-order valence-electron chi connectivity index (χ1n) is 5.20. The molecule has 0 bridgehead atoms. The van der Waals surface area contributed by atoms with Gasteiger partial charge in [0, 0.05) is 5.69 Å². The van der Waals surface area contributed by atoms with E-state index >= 15 is 0 Å². The van der Waals surface area contributed by atoms with Crippen molar-refractivity contribution in [2.75, 3.05) is 5.32 Å². The van der Waals surface area contributed by atoms with Crippen LogP contribution in [0.4, 0.5) is 10.1 Å². The van der Waals surface area contributed by atoms with Gasteiger partial charge in [-0.25, -0.2) is 4.39 Å². The van der Waals surface area contributed by atoms with E-state index in [1.807, 2.05) is 13.0 Å². The fourth-order valence-corrected chi connectivity index (χ4v) is 1.56. The Bertz CT molecular complexity index is 543. The minimum atomic E-state index is -0.510. The molecule has 1 aromatic heterocycles. The number of nitrogens with zero attached hydrogens (tertiary/aromatic N) is 1. The van der Waals surface area contributed by atoms with Crippen LogP contribution in [0.2, 0.25) is 0 Å². The van der Waals surface area contributed by atoms with Gasteiger partial charge in [-0.3, -0.25) is 0 Å². The molecule has 2 aromatic rings. The molecule has 0 fully saturated rings. The van der Waals surface area contributed by atoms with Crippen LogP contribution in [0.5, 0.6) is 0 Å². The first-order valence-corrected chi connectivity index (χ1v) is 5.20. The summed E-state index contributed by atoms with van der Waals surface area (Å²) in [5, 5.41) is 11.9. The standard InChI is InChI=1S/C13H11FN2O/c1-9(13-3-2-6-17-13)16-11-4-5-12(14)10(7-11)8-15/h2-7,9,16H,1H3. The quantitative estimate of drug-likeness (QED) is 0.878. The van der Waals surface area contributed by atoms with Crippen LogP contribution in [0.25, 0.3) is 0 Å². The molecule has 2 rings (SSSR count). The topological polar surface area (TPSA) is 49.0 Å². The number of hydrogen-bond acceptors (Lipinski definition) is 3. The molecule has 0 aliphatic carbocycles. The predicted molar refractivity (Wildman–Crippen MR) is 61.9 cm³/mol. The van der Waals surface area contributed by atoms with Crippen LogP contribution in [0.15, 0.2) is 41.0 Å².